The highest BCUT2D eigenvalue weighted by molar-refractivity contribution is 5.73. The van der Waals surface area contributed by atoms with E-state index in [2.05, 4.69) is 10.1 Å². The van der Waals surface area contributed by atoms with E-state index in [1.807, 2.05) is 25.3 Å². The van der Waals surface area contributed by atoms with Crippen LogP contribution in [0, 0.1) is 6.92 Å². The van der Waals surface area contributed by atoms with E-state index < -0.39 is 6.03 Å². The summed E-state index contributed by atoms with van der Waals surface area (Å²) in [4.78, 5) is 15.0. The summed E-state index contributed by atoms with van der Waals surface area (Å²) >= 11 is 0. The van der Waals surface area contributed by atoms with Crippen LogP contribution in [-0.2, 0) is 6.42 Å². The molecule has 2 aromatic rings. The lowest BCUT2D eigenvalue weighted by atomic mass is 10.1. The van der Waals surface area contributed by atoms with Gasteiger partial charge in [-0.1, -0.05) is 6.07 Å². The summed E-state index contributed by atoms with van der Waals surface area (Å²) in [5.41, 5.74) is 8.09. The molecule has 0 aliphatic heterocycles. The normalized spacial score (nSPS) is 10.3. The quantitative estimate of drug-likeness (QED) is 0.817. The first kappa shape index (κ1) is 10.4. The number of primary amides is 1. The molecule has 2 heterocycles. The Bertz CT molecular complexity index is 501. The number of aryl methyl sites for hydroxylation is 1. The maximum absolute atomic E-state index is 10.8. The zero-order valence-corrected chi connectivity index (χ0v) is 8.92. The fourth-order valence-electron chi connectivity index (χ4n) is 1.41. The standard InChI is InChI=1S/C11H12N4O/c1-8-2-3-9(5-13-8)4-10-6-14-15(7-10)11(12)16/h2-3,5-7H,4H2,1H3,(H2,12,16). The summed E-state index contributed by atoms with van der Waals surface area (Å²) in [5.74, 6) is 0. The van der Waals surface area contributed by atoms with Crippen LogP contribution in [0.4, 0.5) is 4.79 Å². The van der Waals surface area contributed by atoms with Crippen LogP contribution in [0.2, 0.25) is 0 Å². The molecule has 0 saturated carbocycles. The highest BCUT2D eigenvalue weighted by Crippen LogP contribution is 2.07. The maximum Gasteiger partial charge on any atom is 0.339 e. The van der Waals surface area contributed by atoms with Crippen molar-refractivity contribution in [1.29, 1.82) is 0 Å². The summed E-state index contributed by atoms with van der Waals surface area (Å²) in [6.07, 6.45) is 5.77. The molecular formula is C11H12N4O. The predicted octanol–water partition coefficient (Wildman–Crippen LogP) is 1.10. The number of nitrogens with two attached hydrogens (primary N) is 1. The first-order chi connectivity index (χ1) is 7.65. The van der Waals surface area contributed by atoms with Crippen LogP contribution in [0.3, 0.4) is 0 Å². The van der Waals surface area contributed by atoms with Crippen molar-refractivity contribution < 1.29 is 4.79 Å². The zero-order chi connectivity index (χ0) is 11.5. The summed E-state index contributed by atoms with van der Waals surface area (Å²) in [7, 11) is 0. The van der Waals surface area contributed by atoms with Gasteiger partial charge in [-0.05, 0) is 24.1 Å². The van der Waals surface area contributed by atoms with Crippen molar-refractivity contribution in [3.8, 4) is 0 Å². The smallest absolute Gasteiger partial charge is 0.339 e. The predicted molar refractivity (Wildman–Crippen MR) is 59.0 cm³/mol. The third-order valence-corrected chi connectivity index (χ3v) is 2.24. The van der Waals surface area contributed by atoms with Gasteiger partial charge in [-0.25, -0.2) is 4.79 Å². The third-order valence-electron chi connectivity index (χ3n) is 2.24. The van der Waals surface area contributed by atoms with Crippen molar-refractivity contribution in [3.05, 3.63) is 47.5 Å². The molecule has 0 spiro atoms. The van der Waals surface area contributed by atoms with Gasteiger partial charge in [-0.3, -0.25) is 4.98 Å². The van der Waals surface area contributed by atoms with Crippen LogP contribution in [-0.4, -0.2) is 20.8 Å². The van der Waals surface area contributed by atoms with Crippen molar-refractivity contribution >= 4 is 6.03 Å². The van der Waals surface area contributed by atoms with Crippen molar-refractivity contribution in [2.24, 2.45) is 5.73 Å². The molecule has 0 fully saturated rings. The molecule has 2 N–H and O–H groups in total. The number of carbonyl (C=O) groups is 1. The second-order valence-electron chi connectivity index (χ2n) is 3.62. The molecule has 16 heavy (non-hydrogen) atoms. The maximum atomic E-state index is 10.8. The van der Waals surface area contributed by atoms with E-state index in [9.17, 15) is 4.79 Å². The van der Waals surface area contributed by atoms with Crippen molar-refractivity contribution in [1.82, 2.24) is 14.8 Å². The number of aromatic nitrogens is 3. The fraction of sp³-hybridized carbons (Fsp3) is 0.182. The Labute approximate surface area is 92.9 Å². The van der Waals surface area contributed by atoms with Crippen molar-refractivity contribution in [3.63, 3.8) is 0 Å². The van der Waals surface area contributed by atoms with Crippen LogP contribution in [0.15, 0.2) is 30.7 Å². The first-order valence-corrected chi connectivity index (χ1v) is 4.90. The molecule has 0 unspecified atom stereocenters. The Balaban J connectivity index is 2.14. The number of amides is 1. The van der Waals surface area contributed by atoms with Crippen LogP contribution in [0.25, 0.3) is 0 Å². The molecular weight excluding hydrogens is 204 g/mol. The first-order valence-electron chi connectivity index (χ1n) is 4.90. The van der Waals surface area contributed by atoms with E-state index in [-0.39, 0.29) is 0 Å². The van der Waals surface area contributed by atoms with E-state index in [1.54, 1.807) is 12.4 Å². The largest absolute Gasteiger partial charge is 0.350 e. The monoisotopic (exact) mass is 216 g/mol. The molecule has 0 radical (unpaired) electrons. The van der Waals surface area contributed by atoms with Gasteiger partial charge in [-0.2, -0.15) is 9.78 Å². The SMILES string of the molecule is Cc1ccc(Cc2cnn(C(N)=O)c2)cn1. The van der Waals surface area contributed by atoms with Crippen LogP contribution >= 0.6 is 0 Å². The van der Waals surface area contributed by atoms with E-state index in [0.717, 1.165) is 21.5 Å². The minimum atomic E-state index is -0.576. The second-order valence-corrected chi connectivity index (χ2v) is 3.62. The molecule has 0 aromatic carbocycles. The van der Waals surface area contributed by atoms with Gasteiger partial charge in [0.2, 0.25) is 0 Å². The van der Waals surface area contributed by atoms with Gasteiger partial charge < -0.3 is 5.73 Å². The van der Waals surface area contributed by atoms with Gasteiger partial charge in [0.15, 0.2) is 0 Å². The lowest BCUT2D eigenvalue weighted by Crippen LogP contribution is -2.19. The number of nitrogens with zero attached hydrogens (tertiary/aromatic N) is 3. The Kier molecular flexibility index (Phi) is 2.68. The molecule has 0 saturated heterocycles. The fourth-order valence-corrected chi connectivity index (χ4v) is 1.41. The molecule has 2 aromatic heterocycles. The van der Waals surface area contributed by atoms with Crippen LogP contribution in [0.1, 0.15) is 16.8 Å². The van der Waals surface area contributed by atoms with Gasteiger partial charge >= 0.3 is 6.03 Å². The molecule has 5 heteroatoms. The highest BCUT2D eigenvalue weighted by Gasteiger charge is 2.03. The summed E-state index contributed by atoms with van der Waals surface area (Å²) < 4.78 is 1.12. The van der Waals surface area contributed by atoms with Crippen molar-refractivity contribution in [2.75, 3.05) is 0 Å². The highest BCUT2D eigenvalue weighted by atomic mass is 16.2. The van der Waals surface area contributed by atoms with Gasteiger partial charge in [0, 0.05) is 24.5 Å². The lowest BCUT2D eigenvalue weighted by molar-refractivity contribution is 0.247. The Hall–Kier alpha value is -2.17. The Morgan fingerprint density at radius 3 is 2.75 bits per heavy atom. The van der Waals surface area contributed by atoms with Gasteiger partial charge in [-0.15, -0.1) is 0 Å². The summed E-state index contributed by atoms with van der Waals surface area (Å²) in [5, 5.41) is 3.85. The molecule has 1 amide bonds. The molecule has 0 aliphatic rings. The number of carbonyl (C=O) groups excluding carboxylic acids is 1. The van der Waals surface area contributed by atoms with E-state index in [4.69, 9.17) is 5.73 Å². The van der Waals surface area contributed by atoms with E-state index in [1.165, 1.54) is 0 Å². The zero-order valence-electron chi connectivity index (χ0n) is 8.92. The minimum absolute atomic E-state index is 0.576. The molecule has 5 nitrogen and oxygen atoms in total. The Morgan fingerprint density at radius 1 is 1.38 bits per heavy atom. The number of hydrogen-bond donors (Lipinski definition) is 1. The second kappa shape index (κ2) is 4.14. The topological polar surface area (TPSA) is 73.8 Å². The summed E-state index contributed by atoms with van der Waals surface area (Å²) in [6, 6.07) is 3.38. The van der Waals surface area contributed by atoms with Crippen molar-refractivity contribution in [2.45, 2.75) is 13.3 Å². The molecule has 2 rings (SSSR count). The third kappa shape index (κ3) is 2.25. The van der Waals surface area contributed by atoms with E-state index >= 15 is 0 Å². The number of hydrogen-bond acceptors (Lipinski definition) is 3. The van der Waals surface area contributed by atoms with Crippen LogP contribution < -0.4 is 5.73 Å². The average Bonchev–Trinajstić information content (AvgIpc) is 2.70. The van der Waals surface area contributed by atoms with Gasteiger partial charge in [0.25, 0.3) is 0 Å². The Morgan fingerprint density at radius 2 is 2.19 bits per heavy atom. The lowest BCUT2D eigenvalue weighted by Gasteiger charge is -1.98. The average molecular weight is 216 g/mol. The van der Waals surface area contributed by atoms with Gasteiger partial charge in [0.1, 0.15) is 0 Å². The van der Waals surface area contributed by atoms with E-state index in [0.29, 0.717) is 6.42 Å². The number of rotatable bonds is 2. The minimum Gasteiger partial charge on any atom is -0.350 e. The molecule has 82 valence electrons. The molecule has 0 bridgehead atoms. The summed E-state index contributed by atoms with van der Waals surface area (Å²) in [6.45, 7) is 1.94. The number of pyridine rings is 1. The molecule has 0 aliphatic carbocycles. The van der Waals surface area contributed by atoms with Crippen LogP contribution in [0.5, 0.6) is 0 Å². The van der Waals surface area contributed by atoms with Gasteiger partial charge in [0.05, 0.1) is 6.20 Å². The molecule has 0 atom stereocenters.